The molecule has 0 bridgehead atoms. The second-order valence-corrected chi connectivity index (χ2v) is 7.35. The SMILES string of the molecule is CSC1CCCCC1NS(=O)(=O)c1cnc(N)nc1. The average molecular weight is 302 g/mol. The van der Waals surface area contributed by atoms with Gasteiger partial charge in [0, 0.05) is 11.3 Å². The Morgan fingerprint density at radius 3 is 2.58 bits per heavy atom. The molecule has 8 heteroatoms. The molecule has 1 heterocycles. The van der Waals surface area contributed by atoms with E-state index < -0.39 is 10.0 Å². The first kappa shape index (κ1) is 14.5. The molecule has 1 fully saturated rings. The zero-order valence-electron chi connectivity index (χ0n) is 10.7. The Morgan fingerprint density at radius 2 is 1.95 bits per heavy atom. The summed E-state index contributed by atoms with van der Waals surface area (Å²) in [4.78, 5) is 7.50. The summed E-state index contributed by atoms with van der Waals surface area (Å²) in [5, 5.41) is 0.332. The van der Waals surface area contributed by atoms with Gasteiger partial charge in [-0.15, -0.1) is 0 Å². The van der Waals surface area contributed by atoms with Crippen LogP contribution in [0.1, 0.15) is 25.7 Å². The number of hydrogen-bond donors (Lipinski definition) is 2. The maximum Gasteiger partial charge on any atom is 0.243 e. The summed E-state index contributed by atoms with van der Waals surface area (Å²) in [6, 6.07) is -0.0219. The summed E-state index contributed by atoms with van der Waals surface area (Å²) in [5.41, 5.74) is 5.36. The highest BCUT2D eigenvalue weighted by molar-refractivity contribution is 7.99. The number of anilines is 1. The zero-order valence-corrected chi connectivity index (χ0v) is 12.4. The van der Waals surface area contributed by atoms with Crippen molar-refractivity contribution >= 4 is 27.7 Å². The van der Waals surface area contributed by atoms with Gasteiger partial charge in [0.2, 0.25) is 16.0 Å². The van der Waals surface area contributed by atoms with Gasteiger partial charge in [-0.1, -0.05) is 12.8 Å². The lowest BCUT2D eigenvalue weighted by Crippen LogP contribution is -2.43. The molecule has 6 nitrogen and oxygen atoms in total. The zero-order chi connectivity index (χ0) is 13.9. The largest absolute Gasteiger partial charge is 0.368 e. The fourth-order valence-electron chi connectivity index (χ4n) is 2.25. The predicted molar refractivity (Wildman–Crippen MR) is 76.3 cm³/mol. The van der Waals surface area contributed by atoms with Gasteiger partial charge < -0.3 is 5.73 Å². The molecule has 2 unspecified atom stereocenters. The molecule has 3 N–H and O–H groups in total. The molecule has 2 atom stereocenters. The molecule has 0 saturated heterocycles. The molecular formula is C11H18N4O2S2. The van der Waals surface area contributed by atoms with Crippen LogP contribution in [-0.2, 0) is 10.0 Å². The van der Waals surface area contributed by atoms with Crippen LogP contribution >= 0.6 is 11.8 Å². The molecule has 1 aliphatic rings. The van der Waals surface area contributed by atoms with E-state index in [1.54, 1.807) is 11.8 Å². The van der Waals surface area contributed by atoms with Crippen LogP contribution in [0.2, 0.25) is 0 Å². The maximum absolute atomic E-state index is 12.2. The predicted octanol–water partition coefficient (Wildman–Crippen LogP) is 1.01. The van der Waals surface area contributed by atoms with Gasteiger partial charge in [-0.2, -0.15) is 11.8 Å². The highest BCUT2D eigenvalue weighted by Gasteiger charge is 2.29. The summed E-state index contributed by atoms with van der Waals surface area (Å²) in [6.07, 6.45) is 8.64. The van der Waals surface area contributed by atoms with Crippen molar-refractivity contribution in [2.24, 2.45) is 0 Å². The van der Waals surface area contributed by atoms with Crippen molar-refractivity contribution in [3.05, 3.63) is 12.4 Å². The third kappa shape index (κ3) is 3.58. The molecule has 1 saturated carbocycles. The average Bonchev–Trinajstić information content (AvgIpc) is 2.39. The molecule has 0 radical (unpaired) electrons. The van der Waals surface area contributed by atoms with Crippen molar-refractivity contribution in [2.45, 2.75) is 41.9 Å². The van der Waals surface area contributed by atoms with Gasteiger partial charge in [0.05, 0.1) is 12.4 Å². The van der Waals surface area contributed by atoms with Crippen LogP contribution in [0.15, 0.2) is 17.3 Å². The van der Waals surface area contributed by atoms with Crippen LogP contribution in [0.5, 0.6) is 0 Å². The molecule has 0 aliphatic heterocycles. The first-order valence-electron chi connectivity index (χ1n) is 6.15. The molecule has 1 aromatic rings. The lowest BCUT2D eigenvalue weighted by molar-refractivity contribution is 0.423. The molecular weight excluding hydrogens is 284 g/mol. The second-order valence-electron chi connectivity index (χ2n) is 4.56. The minimum Gasteiger partial charge on any atom is -0.368 e. The van der Waals surface area contributed by atoms with E-state index in [4.69, 9.17) is 5.73 Å². The third-order valence-electron chi connectivity index (χ3n) is 3.27. The van der Waals surface area contributed by atoms with Gasteiger partial charge in [-0.3, -0.25) is 0 Å². The Bertz CT molecular complexity index is 518. The van der Waals surface area contributed by atoms with E-state index in [0.29, 0.717) is 5.25 Å². The Balaban J connectivity index is 2.14. The smallest absolute Gasteiger partial charge is 0.243 e. The topological polar surface area (TPSA) is 98.0 Å². The lowest BCUT2D eigenvalue weighted by Gasteiger charge is -2.30. The molecule has 0 spiro atoms. The van der Waals surface area contributed by atoms with Gasteiger partial charge >= 0.3 is 0 Å². The van der Waals surface area contributed by atoms with Crippen molar-refractivity contribution in [2.75, 3.05) is 12.0 Å². The number of nitrogens with zero attached hydrogens (tertiary/aromatic N) is 2. The van der Waals surface area contributed by atoms with Crippen molar-refractivity contribution in [3.8, 4) is 0 Å². The Kier molecular flexibility index (Phi) is 4.64. The first-order chi connectivity index (χ1) is 9.03. The number of aromatic nitrogens is 2. The Hall–Kier alpha value is -0.860. The van der Waals surface area contributed by atoms with Crippen LogP contribution in [0.3, 0.4) is 0 Å². The van der Waals surface area contributed by atoms with E-state index in [-0.39, 0.29) is 16.9 Å². The summed E-state index contributed by atoms with van der Waals surface area (Å²) in [7, 11) is -3.56. The molecule has 0 aromatic carbocycles. The molecule has 2 rings (SSSR count). The first-order valence-corrected chi connectivity index (χ1v) is 8.92. The van der Waals surface area contributed by atoms with Crippen LogP contribution in [0.4, 0.5) is 5.95 Å². The standard InChI is InChI=1S/C11H18N4O2S2/c1-18-10-5-3-2-4-9(10)15-19(16,17)8-6-13-11(12)14-7-8/h6-7,9-10,15H,2-5H2,1H3,(H2,12,13,14). The molecule has 1 aromatic heterocycles. The minimum absolute atomic E-state index is 0.0219. The maximum atomic E-state index is 12.2. The fraction of sp³-hybridized carbons (Fsp3) is 0.636. The third-order valence-corrected chi connectivity index (χ3v) is 5.88. The second kappa shape index (κ2) is 6.06. The Morgan fingerprint density at radius 1 is 1.32 bits per heavy atom. The summed E-state index contributed by atoms with van der Waals surface area (Å²) in [5.74, 6) is 0.0682. The van der Waals surface area contributed by atoms with E-state index in [9.17, 15) is 8.42 Å². The summed E-state index contributed by atoms with van der Waals surface area (Å²) in [6.45, 7) is 0. The van der Waals surface area contributed by atoms with Crippen LogP contribution in [0, 0.1) is 0 Å². The van der Waals surface area contributed by atoms with Gasteiger partial charge in [0.1, 0.15) is 4.90 Å². The van der Waals surface area contributed by atoms with Gasteiger partial charge in [-0.25, -0.2) is 23.1 Å². The van der Waals surface area contributed by atoms with Crippen molar-refractivity contribution < 1.29 is 8.42 Å². The number of sulfonamides is 1. The highest BCUT2D eigenvalue weighted by Crippen LogP contribution is 2.28. The van der Waals surface area contributed by atoms with Crippen LogP contribution in [-0.4, -0.2) is 35.9 Å². The number of nitrogens with one attached hydrogen (secondary N) is 1. The van der Waals surface area contributed by atoms with Crippen molar-refractivity contribution in [1.82, 2.24) is 14.7 Å². The number of rotatable bonds is 4. The van der Waals surface area contributed by atoms with E-state index in [1.807, 2.05) is 6.26 Å². The highest BCUT2D eigenvalue weighted by atomic mass is 32.2. The number of thioether (sulfide) groups is 1. The van der Waals surface area contributed by atoms with Crippen molar-refractivity contribution in [3.63, 3.8) is 0 Å². The van der Waals surface area contributed by atoms with Crippen LogP contribution < -0.4 is 10.5 Å². The molecule has 19 heavy (non-hydrogen) atoms. The Labute approximate surface area is 117 Å². The normalized spacial score (nSPS) is 24.3. The molecule has 0 amide bonds. The van der Waals surface area contributed by atoms with Gasteiger partial charge in [0.15, 0.2) is 0 Å². The lowest BCUT2D eigenvalue weighted by atomic mass is 9.96. The number of nitrogens with two attached hydrogens (primary N) is 1. The molecule has 106 valence electrons. The molecule has 1 aliphatic carbocycles. The van der Waals surface area contributed by atoms with E-state index in [0.717, 1.165) is 25.7 Å². The van der Waals surface area contributed by atoms with Gasteiger partial charge in [0.25, 0.3) is 0 Å². The monoisotopic (exact) mass is 302 g/mol. The van der Waals surface area contributed by atoms with E-state index >= 15 is 0 Å². The number of nitrogen functional groups attached to an aromatic ring is 1. The van der Waals surface area contributed by atoms with Crippen LogP contribution in [0.25, 0.3) is 0 Å². The number of hydrogen-bond acceptors (Lipinski definition) is 6. The summed E-state index contributed by atoms with van der Waals surface area (Å²) >= 11 is 1.71. The quantitative estimate of drug-likeness (QED) is 0.861. The minimum atomic E-state index is -3.56. The fourth-order valence-corrected chi connectivity index (χ4v) is 4.47. The summed E-state index contributed by atoms with van der Waals surface area (Å²) < 4.78 is 27.2. The van der Waals surface area contributed by atoms with E-state index in [2.05, 4.69) is 14.7 Å². The van der Waals surface area contributed by atoms with Crippen molar-refractivity contribution in [1.29, 1.82) is 0 Å². The van der Waals surface area contributed by atoms with Gasteiger partial charge in [-0.05, 0) is 19.1 Å². The van der Waals surface area contributed by atoms with E-state index in [1.165, 1.54) is 12.4 Å².